The zero-order valence-corrected chi connectivity index (χ0v) is 14.7. The largest absolute Gasteiger partial charge is 0.478 e. The first-order valence-corrected chi connectivity index (χ1v) is 8.27. The van der Waals surface area contributed by atoms with E-state index in [-0.39, 0.29) is 28.3 Å². The second kappa shape index (κ2) is 7.20. The number of ether oxygens (including phenoxy) is 1. The molecule has 0 aliphatic carbocycles. The molecule has 0 spiro atoms. The summed E-state index contributed by atoms with van der Waals surface area (Å²) in [7, 11) is 0. The third-order valence-electron chi connectivity index (χ3n) is 4.16. The van der Waals surface area contributed by atoms with Crippen LogP contribution < -0.4 is 4.74 Å². The Hall–Kier alpha value is -3.00. The Bertz CT molecular complexity index is 980. The summed E-state index contributed by atoms with van der Waals surface area (Å²) in [6, 6.07) is 8.62. The molecule has 0 bridgehead atoms. The second-order valence-electron chi connectivity index (χ2n) is 6.10. The lowest BCUT2D eigenvalue weighted by molar-refractivity contribution is -0.187. The average Bonchev–Trinajstić information content (AvgIpc) is 2.61. The van der Waals surface area contributed by atoms with Crippen molar-refractivity contribution in [2.24, 2.45) is 0 Å². The number of benzene rings is 2. The van der Waals surface area contributed by atoms with Crippen molar-refractivity contribution in [1.82, 2.24) is 0 Å². The maximum absolute atomic E-state index is 13.2. The molecule has 0 radical (unpaired) electrons. The van der Waals surface area contributed by atoms with E-state index < -0.39 is 29.8 Å². The van der Waals surface area contributed by atoms with Gasteiger partial charge in [-0.3, -0.25) is 0 Å². The van der Waals surface area contributed by atoms with Crippen LogP contribution in [0.3, 0.4) is 0 Å². The maximum atomic E-state index is 13.2. The van der Waals surface area contributed by atoms with Crippen molar-refractivity contribution in [3.63, 3.8) is 0 Å². The van der Waals surface area contributed by atoms with Gasteiger partial charge in [0.25, 0.3) is 0 Å². The lowest BCUT2D eigenvalue weighted by atomic mass is 9.97. The molecule has 0 fully saturated rings. The van der Waals surface area contributed by atoms with E-state index in [1.165, 1.54) is 24.3 Å². The van der Waals surface area contributed by atoms with Gasteiger partial charge in [0, 0.05) is 10.6 Å². The molecule has 0 saturated heterocycles. The van der Waals surface area contributed by atoms with E-state index in [2.05, 4.69) is 0 Å². The summed E-state index contributed by atoms with van der Waals surface area (Å²) < 4.78 is 44.5. The highest BCUT2D eigenvalue weighted by Crippen LogP contribution is 2.39. The number of carbonyl (C=O) groups is 2. The minimum Gasteiger partial charge on any atom is -0.478 e. The van der Waals surface area contributed by atoms with E-state index in [1.807, 2.05) is 0 Å². The molecule has 9 heteroatoms. The maximum Gasteiger partial charge on any atom is 0.430 e. The van der Waals surface area contributed by atoms with Gasteiger partial charge in [-0.15, -0.1) is 0 Å². The Labute approximate surface area is 161 Å². The predicted molar refractivity (Wildman–Crippen MR) is 93.7 cm³/mol. The first kappa shape index (κ1) is 19.8. The monoisotopic (exact) mass is 412 g/mol. The van der Waals surface area contributed by atoms with Crippen molar-refractivity contribution in [1.29, 1.82) is 0 Å². The molecule has 0 aromatic heterocycles. The van der Waals surface area contributed by atoms with Crippen LogP contribution in [-0.2, 0) is 11.2 Å². The first-order valence-electron chi connectivity index (χ1n) is 7.89. The fourth-order valence-corrected chi connectivity index (χ4v) is 3.04. The Balaban J connectivity index is 1.96. The number of hydrogen-bond acceptors (Lipinski definition) is 3. The van der Waals surface area contributed by atoms with Crippen LogP contribution in [0.15, 0.2) is 42.0 Å². The van der Waals surface area contributed by atoms with Crippen LogP contribution in [0.5, 0.6) is 5.75 Å². The third-order valence-corrected chi connectivity index (χ3v) is 4.51. The molecule has 1 aliphatic rings. The Morgan fingerprint density at radius 2 is 1.71 bits per heavy atom. The van der Waals surface area contributed by atoms with Gasteiger partial charge >= 0.3 is 18.1 Å². The van der Waals surface area contributed by atoms with Crippen LogP contribution in [0.2, 0.25) is 5.02 Å². The van der Waals surface area contributed by atoms with Gasteiger partial charge in [-0.2, -0.15) is 13.2 Å². The molecule has 146 valence electrons. The molecule has 1 unspecified atom stereocenters. The van der Waals surface area contributed by atoms with Gasteiger partial charge < -0.3 is 14.9 Å². The van der Waals surface area contributed by atoms with Gasteiger partial charge in [0.1, 0.15) is 5.75 Å². The highest BCUT2D eigenvalue weighted by atomic mass is 35.5. The van der Waals surface area contributed by atoms with Gasteiger partial charge in [0.05, 0.1) is 11.1 Å². The van der Waals surface area contributed by atoms with Crippen molar-refractivity contribution in [3.8, 4) is 5.75 Å². The van der Waals surface area contributed by atoms with E-state index >= 15 is 0 Å². The fourth-order valence-electron chi connectivity index (χ4n) is 2.80. The summed E-state index contributed by atoms with van der Waals surface area (Å²) in [6.07, 6.45) is -6.35. The molecule has 1 heterocycles. The minimum absolute atomic E-state index is 0.1000. The van der Waals surface area contributed by atoms with Crippen LogP contribution in [0.25, 0.3) is 6.08 Å². The minimum atomic E-state index is -4.89. The van der Waals surface area contributed by atoms with Crippen molar-refractivity contribution in [3.05, 3.63) is 69.2 Å². The summed E-state index contributed by atoms with van der Waals surface area (Å²) in [5.41, 5.74) is 0.456. The molecule has 0 saturated carbocycles. The van der Waals surface area contributed by atoms with Crippen LogP contribution in [-0.4, -0.2) is 34.4 Å². The molecule has 2 aromatic carbocycles. The lowest BCUT2D eigenvalue weighted by Gasteiger charge is -2.27. The number of aromatic carboxylic acids is 1. The van der Waals surface area contributed by atoms with Gasteiger partial charge in [0.2, 0.25) is 6.10 Å². The zero-order valence-electron chi connectivity index (χ0n) is 14.0. The van der Waals surface area contributed by atoms with E-state index in [0.29, 0.717) is 11.1 Å². The van der Waals surface area contributed by atoms with Crippen LogP contribution in [0.4, 0.5) is 13.2 Å². The van der Waals surface area contributed by atoms with Crippen LogP contribution in [0, 0.1) is 0 Å². The number of halogens is 4. The first-order chi connectivity index (χ1) is 13.1. The number of alkyl halides is 3. The van der Waals surface area contributed by atoms with E-state index in [0.717, 1.165) is 6.08 Å². The molecular weight excluding hydrogens is 401 g/mol. The van der Waals surface area contributed by atoms with E-state index in [9.17, 15) is 22.8 Å². The fraction of sp³-hybridized carbons (Fsp3) is 0.158. The summed E-state index contributed by atoms with van der Waals surface area (Å²) in [5.74, 6) is -2.94. The second-order valence-corrected chi connectivity index (χ2v) is 6.51. The predicted octanol–water partition coefficient (Wildman–Crippen LogP) is 4.42. The summed E-state index contributed by atoms with van der Waals surface area (Å²) in [5, 5.41) is 18.2. The molecule has 1 aliphatic heterocycles. The molecule has 28 heavy (non-hydrogen) atoms. The molecule has 5 nitrogen and oxygen atoms in total. The van der Waals surface area contributed by atoms with Gasteiger partial charge in [-0.25, -0.2) is 9.59 Å². The normalized spacial score (nSPS) is 16.0. The summed E-state index contributed by atoms with van der Waals surface area (Å²) >= 11 is 6.20. The molecule has 3 rings (SSSR count). The van der Waals surface area contributed by atoms with Crippen LogP contribution in [0.1, 0.15) is 27.0 Å². The van der Waals surface area contributed by atoms with Gasteiger partial charge in [-0.1, -0.05) is 23.7 Å². The average molecular weight is 413 g/mol. The van der Waals surface area contributed by atoms with Crippen molar-refractivity contribution < 1.29 is 37.7 Å². The third kappa shape index (κ3) is 3.96. The van der Waals surface area contributed by atoms with Gasteiger partial charge in [-0.05, 0) is 47.9 Å². The molecule has 2 N–H and O–H groups in total. The van der Waals surface area contributed by atoms with Crippen LogP contribution >= 0.6 is 11.6 Å². The molecule has 2 aromatic rings. The number of aliphatic carboxylic acids is 1. The van der Waals surface area contributed by atoms with Crippen molar-refractivity contribution >= 4 is 29.6 Å². The summed E-state index contributed by atoms with van der Waals surface area (Å²) in [4.78, 5) is 22.1. The quantitative estimate of drug-likeness (QED) is 0.776. The smallest absolute Gasteiger partial charge is 0.430 e. The number of fused-ring (bicyclic) bond motifs is 1. The highest BCUT2D eigenvalue weighted by Gasteiger charge is 2.48. The Kier molecular flexibility index (Phi) is 5.08. The highest BCUT2D eigenvalue weighted by molar-refractivity contribution is 6.31. The van der Waals surface area contributed by atoms with Crippen molar-refractivity contribution in [2.45, 2.75) is 18.7 Å². The number of carboxylic acid groups (broad SMARTS) is 2. The Morgan fingerprint density at radius 1 is 1.07 bits per heavy atom. The van der Waals surface area contributed by atoms with E-state index in [4.69, 9.17) is 26.6 Å². The molecule has 1 atom stereocenters. The number of rotatable bonds is 4. The summed E-state index contributed by atoms with van der Waals surface area (Å²) in [6.45, 7) is 0. The standard InChI is InChI=1S/C19H12ClF3O5/c20-14-7-12-6-13(18(26)27)16(19(21,22)23)28-15(12)8-11(14)5-9-1-3-10(4-2-9)17(24)25/h1-4,6-8,16H,5H2,(H,24,25)(H,26,27). The topological polar surface area (TPSA) is 83.8 Å². The lowest BCUT2D eigenvalue weighted by Crippen LogP contribution is -2.40. The Morgan fingerprint density at radius 3 is 2.25 bits per heavy atom. The van der Waals surface area contributed by atoms with E-state index in [1.54, 1.807) is 12.1 Å². The molecule has 0 amide bonds. The number of carboxylic acids is 2. The van der Waals surface area contributed by atoms with Gasteiger partial charge in [0.15, 0.2) is 0 Å². The number of hydrogen-bond donors (Lipinski definition) is 2. The molecular formula is C19H12ClF3O5. The SMILES string of the molecule is O=C(O)C1=Cc2cc(Cl)c(Cc3ccc(C(=O)O)cc3)cc2OC1C(F)(F)F. The van der Waals surface area contributed by atoms with Crippen molar-refractivity contribution in [2.75, 3.05) is 0 Å². The zero-order chi connectivity index (χ0) is 20.6.